The molecule has 0 unspecified atom stereocenters. The standard InChI is InChI=1S/C13H24N2/c1-6-9-12-14-10(4)13(15(12)5)11(7-2)8-3/h11H,6-9H2,1-5H3. The molecule has 0 aliphatic carbocycles. The van der Waals surface area contributed by atoms with E-state index in [2.05, 4.69) is 44.3 Å². The third-order valence-electron chi connectivity index (χ3n) is 3.26. The molecule has 2 heteroatoms. The molecule has 1 aromatic heterocycles. The summed E-state index contributed by atoms with van der Waals surface area (Å²) in [5.74, 6) is 1.92. The van der Waals surface area contributed by atoms with Gasteiger partial charge in [-0.3, -0.25) is 0 Å². The Morgan fingerprint density at radius 2 is 1.80 bits per heavy atom. The molecule has 0 aromatic carbocycles. The van der Waals surface area contributed by atoms with E-state index in [1.165, 1.54) is 36.5 Å². The zero-order chi connectivity index (χ0) is 11.4. The molecule has 2 nitrogen and oxygen atoms in total. The van der Waals surface area contributed by atoms with Crippen LogP contribution in [-0.4, -0.2) is 9.55 Å². The molecule has 0 saturated carbocycles. The molecule has 0 amide bonds. The van der Waals surface area contributed by atoms with Crippen molar-refractivity contribution in [2.24, 2.45) is 7.05 Å². The monoisotopic (exact) mass is 208 g/mol. The highest BCUT2D eigenvalue weighted by Crippen LogP contribution is 2.26. The van der Waals surface area contributed by atoms with Gasteiger partial charge in [0.1, 0.15) is 5.82 Å². The number of nitrogens with zero attached hydrogens (tertiary/aromatic N) is 2. The van der Waals surface area contributed by atoms with Crippen LogP contribution in [0.3, 0.4) is 0 Å². The SMILES string of the molecule is CCCc1nc(C)c(C(CC)CC)n1C. The molecular weight excluding hydrogens is 184 g/mol. The first kappa shape index (κ1) is 12.3. The summed E-state index contributed by atoms with van der Waals surface area (Å²) in [4.78, 5) is 4.68. The van der Waals surface area contributed by atoms with Gasteiger partial charge < -0.3 is 4.57 Å². The Morgan fingerprint density at radius 3 is 2.27 bits per heavy atom. The van der Waals surface area contributed by atoms with Gasteiger partial charge in [0.25, 0.3) is 0 Å². The topological polar surface area (TPSA) is 17.8 Å². The second kappa shape index (κ2) is 5.34. The van der Waals surface area contributed by atoms with Gasteiger partial charge in [-0.05, 0) is 26.2 Å². The fourth-order valence-corrected chi connectivity index (χ4v) is 2.40. The first-order valence-corrected chi connectivity index (χ1v) is 6.17. The molecule has 0 spiro atoms. The summed E-state index contributed by atoms with van der Waals surface area (Å²) >= 11 is 0. The van der Waals surface area contributed by atoms with Crippen molar-refractivity contribution in [3.05, 3.63) is 17.2 Å². The molecule has 0 fully saturated rings. The molecule has 1 heterocycles. The summed E-state index contributed by atoms with van der Waals surface area (Å²) in [5.41, 5.74) is 2.68. The lowest BCUT2D eigenvalue weighted by Crippen LogP contribution is -2.06. The van der Waals surface area contributed by atoms with Crippen LogP contribution in [0.2, 0.25) is 0 Å². The van der Waals surface area contributed by atoms with Gasteiger partial charge >= 0.3 is 0 Å². The van der Waals surface area contributed by atoms with Crippen LogP contribution < -0.4 is 0 Å². The molecule has 0 aliphatic rings. The predicted molar refractivity (Wildman–Crippen MR) is 65.3 cm³/mol. The van der Waals surface area contributed by atoms with E-state index in [1.54, 1.807) is 0 Å². The van der Waals surface area contributed by atoms with Crippen molar-refractivity contribution in [3.63, 3.8) is 0 Å². The highest BCUT2D eigenvalue weighted by atomic mass is 15.1. The zero-order valence-electron chi connectivity index (χ0n) is 10.8. The maximum absolute atomic E-state index is 4.68. The average Bonchev–Trinajstić information content (AvgIpc) is 2.48. The van der Waals surface area contributed by atoms with E-state index in [0.29, 0.717) is 5.92 Å². The Labute approximate surface area is 93.7 Å². The van der Waals surface area contributed by atoms with Crippen LogP contribution in [0.15, 0.2) is 0 Å². The molecule has 0 radical (unpaired) electrons. The minimum Gasteiger partial charge on any atom is -0.335 e. The van der Waals surface area contributed by atoms with Gasteiger partial charge in [-0.15, -0.1) is 0 Å². The van der Waals surface area contributed by atoms with E-state index in [4.69, 9.17) is 0 Å². The molecule has 0 N–H and O–H groups in total. The second-order valence-electron chi connectivity index (χ2n) is 4.32. The number of hydrogen-bond acceptors (Lipinski definition) is 1. The van der Waals surface area contributed by atoms with Crippen molar-refractivity contribution in [1.82, 2.24) is 9.55 Å². The molecule has 0 atom stereocenters. The number of rotatable bonds is 5. The predicted octanol–water partition coefficient (Wildman–Crippen LogP) is 3.58. The Bertz CT molecular complexity index is 309. The minimum atomic E-state index is 0.674. The van der Waals surface area contributed by atoms with Crippen LogP contribution >= 0.6 is 0 Å². The lowest BCUT2D eigenvalue weighted by molar-refractivity contribution is 0.584. The van der Waals surface area contributed by atoms with Crippen LogP contribution in [0.5, 0.6) is 0 Å². The Hall–Kier alpha value is -0.790. The maximum atomic E-state index is 4.68. The molecular formula is C13H24N2. The third kappa shape index (κ3) is 2.42. The van der Waals surface area contributed by atoms with Gasteiger partial charge in [0, 0.05) is 25.1 Å². The van der Waals surface area contributed by atoms with Crippen molar-refractivity contribution >= 4 is 0 Å². The maximum Gasteiger partial charge on any atom is 0.108 e. The largest absolute Gasteiger partial charge is 0.335 e. The van der Waals surface area contributed by atoms with E-state index in [9.17, 15) is 0 Å². The smallest absolute Gasteiger partial charge is 0.108 e. The first-order chi connectivity index (χ1) is 7.15. The molecule has 0 aliphatic heterocycles. The molecule has 15 heavy (non-hydrogen) atoms. The fourth-order valence-electron chi connectivity index (χ4n) is 2.40. The lowest BCUT2D eigenvalue weighted by Gasteiger charge is -2.15. The Balaban J connectivity index is 3.06. The van der Waals surface area contributed by atoms with E-state index in [0.717, 1.165) is 6.42 Å². The summed E-state index contributed by atoms with van der Waals surface area (Å²) in [6.07, 6.45) is 4.69. The molecule has 0 bridgehead atoms. The van der Waals surface area contributed by atoms with Crippen molar-refractivity contribution in [3.8, 4) is 0 Å². The summed E-state index contributed by atoms with van der Waals surface area (Å²) in [7, 11) is 2.17. The van der Waals surface area contributed by atoms with E-state index in [-0.39, 0.29) is 0 Å². The molecule has 86 valence electrons. The van der Waals surface area contributed by atoms with Crippen LogP contribution in [0, 0.1) is 6.92 Å². The van der Waals surface area contributed by atoms with Crippen LogP contribution in [0.4, 0.5) is 0 Å². The first-order valence-electron chi connectivity index (χ1n) is 6.17. The number of aromatic nitrogens is 2. The zero-order valence-corrected chi connectivity index (χ0v) is 10.8. The average molecular weight is 208 g/mol. The minimum absolute atomic E-state index is 0.674. The van der Waals surface area contributed by atoms with Gasteiger partial charge in [-0.2, -0.15) is 0 Å². The number of aryl methyl sites for hydroxylation is 2. The van der Waals surface area contributed by atoms with Crippen molar-refractivity contribution in [2.75, 3.05) is 0 Å². The summed E-state index contributed by atoms with van der Waals surface area (Å²) in [6.45, 7) is 8.88. The van der Waals surface area contributed by atoms with E-state index >= 15 is 0 Å². The molecule has 1 aromatic rings. The summed E-state index contributed by atoms with van der Waals surface area (Å²) in [5, 5.41) is 0. The van der Waals surface area contributed by atoms with Crippen molar-refractivity contribution < 1.29 is 0 Å². The van der Waals surface area contributed by atoms with Crippen LogP contribution in [0.1, 0.15) is 63.2 Å². The van der Waals surface area contributed by atoms with Gasteiger partial charge in [-0.25, -0.2) is 4.98 Å². The second-order valence-corrected chi connectivity index (χ2v) is 4.32. The molecule has 1 rings (SSSR count). The van der Waals surface area contributed by atoms with Gasteiger partial charge in [0.2, 0.25) is 0 Å². The number of hydrogen-bond donors (Lipinski definition) is 0. The van der Waals surface area contributed by atoms with Gasteiger partial charge in [-0.1, -0.05) is 20.8 Å². The van der Waals surface area contributed by atoms with Gasteiger partial charge in [0.05, 0.1) is 5.69 Å². The fraction of sp³-hybridized carbons (Fsp3) is 0.769. The highest BCUT2D eigenvalue weighted by Gasteiger charge is 2.17. The van der Waals surface area contributed by atoms with Gasteiger partial charge in [0.15, 0.2) is 0 Å². The van der Waals surface area contributed by atoms with Crippen molar-refractivity contribution in [1.29, 1.82) is 0 Å². The lowest BCUT2D eigenvalue weighted by atomic mass is 9.98. The summed E-state index contributed by atoms with van der Waals surface area (Å²) < 4.78 is 2.32. The van der Waals surface area contributed by atoms with Crippen LogP contribution in [-0.2, 0) is 13.5 Å². The number of imidazole rings is 1. The third-order valence-corrected chi connectivity index (χ3v) is 3.26. The quantitative estimate of drug-likeness (QED) is 0.723. The summed E-state index contributed by atoms with van der Waals surface area (Å²) in [6, 6.07) is 0. The molecule has 0 saturated heterocycles. The Kier molecular flexibility index (Phi) is 4.37. The van der Waals surface area contributed by atoms with E-state index < -0.39 is 0 Å². The Morgan fingerprint density at radius 1 is 1.20 bits per heavy atom. The normalized spacial score (nSPS) is 11.3. The van der Waals surface area contributed by atoms with Crippen LogP contribution in [0.25, 0.3) is 0 Å². The highest BCUT2D eigenvalue weighted by molar-refractivity contribution is 5.20. The van der Waals surface area contributed by atoms with E-state index in [1.807, 2.05) is 0 Å². The van der Waals surface area contributed by atoms with Crippen molar-refractivity contribution in [2.45, 2.75) is 59.3 Å².